The second-order valence-electron chi connectivity index (χ2n) is 8.87. The lowest BCUT2D eigenvalue weighted by Crippen LogP contribution is -2.27. The third-order valence-electron chi connectivity index (χ3n) is 6.18. The Bertz CT molecular complexity index is 1280. The maximum atomic E-state index is 12.8. The summed E-state index contributed by atoms with van der Waals surface area (Å²) in [5.41, 5.74) is 8.93. The average Bonchev–Trinajstić information content (AvgIpc) is 2.89. The van der Waals surface area contributed by atoms with Gasteiger partial charge in [0.15, 0.2) is 16.8 Å². The Morgan fingerprint density at radius 2 is 1.61 bits per heavy atom. The first-order valence-corrected chi connectivity index (χ1v) is 12.3. The van der Waals surface area contributed by atoms with Crippen LogP contribution in [0.2, 0.25) is 0 Å². The van der Waals surface area contributed by atoms with E-state index in [0.717, 1.165) is 38.5 Å². The molecular formula is C27H32N4O5. The quantitative estimate of drug-likeness (QED) is 0.0937. The zero-order valence-electron chi connectivity index (χ0n) is 20.5. The van der Waals surface area contributed by atoms with Crippen molar-refractivity contribution in [1.29, 1.82) is 0 Å². The highest BCUT2D eigenvalue weighted by atomic mass is 16.4. The van der Waals surface area contributed by atoms with Crippen LogP contribution < -0.4 is 5.43 Å². The van der Waals surface area contributed by atoms with Crippen molar-refractivity contribution in [2.75, 3.05) is 20.1 Å². The van der Waals surface area contributed by atoms with Crippen LogP contribution in [0.25, 0.3) is 32.7 Å². The lowest BCUT2D eigenvalue weighted by Gasteiger charge is -2.17. The van der Waals surface area contributed by atoms with Gasteiger partial charge in [-0.1, -0.05) is 55.8 Å². The van der Waals surface area contributed by atoms with Crippen molar-refractivity contribution in [1.82, 2.24) is 4.90 Å². The van der Waals surface area contributed by atoms with Gasteiger partial charge in [-0.3, -0.25) is 9.59 Å². The molecule has 2 aromatic carbocycles. The minimum Gasteiger partial charge on any atom is -0.504 e. The molecule has 0 unspecified atom stereocenters. The highest BCUT2D eigenvalue weighted by Crippen LogP contribution is 2.34. The Morgan fingerprint density at radius 1 is 0.972 bits per heavy atom. The summed E-state index contributed by atoms with van der Waals surface area (Å²) in [6.07, 6.45) is 8.68. The number of amides is 1. The molecule has 0 saturated heterocycles. The SMILES string of the molecule is CN(CCCCCCCCCCN=[N+]=[N-])C(=O)c1ccc(-c2cc(=O)c3ccc(O)c(O)c3o2)cc1. The van der Waals surface area contributed by atoms with Gasteiger partial charge in [0.2, 0.25) is 5.75 Å². The van der Waals surface area contributed by atoms with Crippen molar-refractivity contribution < 1.29 is 19.4 Å². The summed E-state index contributed by atoms with van der Waals surface area (Å²) in [4.78, 5) is 29.7. The Morgan fingerprint density at radius 3 is 2.28 bits per heavy atom. The second-order valence-corrected chi connectivity index (χ2v) is 8.87. The molecule has 1 heterocycles. The van der Waals surface area contributed by atoms with Crippen LogP contribution in [0.4, 0.5) is 0 Å². The molecule has 0 aliphatic heterocycles. The number of benzene rings is 2. The minimum absolute atomic E-state index is 0.0795. The molecule has 2 N–H and O–H groups in total. The number of phenolic OH excluding ortho intramolecular Hbond substituents is 2. The number of fused-ring (bicyclic) bond motifs is 1. The van der Waals surface area contributed by atoms with Crippen LogP contribution in [0, 0.1) is 0 Å². The van der Waals surface area contributed by atoms with Crippen LogP contribution in [0.15, 0.2) is 56.8 Å². The highest BCUT2D eigenvalue weighted by Gasteiger charge is 2.15. The van der Waals surface area contributed by atoms with E-state index >= 15 is 0 Å². The highest BCUT2D eigenvalue weighted by molar-refractivity contribution is 5.94. The molecule has 0 fully saturated rings. The number of carbonyl (C=O) groups excluding carboxylic acids is 1. The van der Waals surface area contributed by atoms with Gasteiger partial charge < -0.3 is 19.5 Å². The second kappa shape index (κ2) is 13.2. The van der Waals surface area contributed by atoms with Crippen molar-refractivity contribution in [2.45, 2.75) is 51.4 Å². The molecule has 0 aliphatic rings. The minimum atomic E-state index is -0.484. The Hall–Kier alpha value is -3.97. The molecule has 1 aromatic heterocycles. The van der Waals surface area contributed by atoms with Crippen LogP contribution in [-0.2, 0) is 0 Å². The van der Waals surface area contributed by atoms with E-state index in [9.17, 15) is 19.8 Å². The average molecular weight is 493 g/mol. The zero-order valence-corrected chi connectivity index (χ0v) is 20.5. The van der Waals surface area contributed by atoms with Gasteiger partial charge in [-0.25, -0.2) is 0 Å². The molecule has 0 spiro atoms. The number of rotatable bonds is 13. The fourth-order valence-corrected chi connectivity index (χ4v) is 4.07. The number of aromatic hydroxyl groups is 2. The van der Waals surface area contributed by atoms with E-state index in [-0.39, 0.29) is 33.8 Å². The maximum absolute atomic E-state index is 12.8. The normalized spacial score (nSPS) is 10.8. The van der Waals surface area contributed by atoms with Gasteiger partial charge in [0, 0.05) is 42.2 Å². The van der Waals surface area contributed by atoms with Gasteiger partial charge in [0.25, 0.3) is 5.91 Å². The predicted molar refractivity (Wildman–Crippen MR) is 139 cm³/mol. The topological polar surface area (TPSA) is 140 Å². The third kappa shape index (κ3) is 7.02. The molecule has 36 heavy (non-hydrogen) atoms. The van der Waals surface area contributed by atoms with Crippen LogP contribution in [0.3, 0.4) is 0 Å². The Kier molecular flexibility index (Phi) is 9.77. The molecule has 3 rings (SSSR count). The fraction of sp³-hybridized carbons (Fsp3) is 0.407. The van der Waals surface area contributed by atoms with E-state index in [1.54, 1.807) is 36.2 Å². The fourth-order valence-electron chi connectivity index (χ4n) is 4.07. The first-order valence-electron chi connectivity index (χ1n) is 12.3. The van der Waals surface area contributed by atoms with Crippen molar-refractivity contribution in [3.8, 4) is 22.8 Å². The molecule has 9 heteroatoms. The van der Waals surface area contributed by atoms with Crippen molar-refractivity contribution in [2.24, 2.45) is 5.11 Å². The molecule has 9 nitrogen and oxygen atoms in total. The molecule has 0 radical (unpaired) electrons. The van der Waals surface area contributed by atoms with Gasteiger partial charge in [-0.15, -0.1) is 0 Å². The number of azide groups is 1. The summed E-state index contributed by atoms with van der Waals surface area (Å²) >= 11 is 0. The molecule has 0 aliphatic carbocycles. The van der Waals surface area contributed by atoms with Crippen molar-refractivity contribution >= 4 is 16.9 Å². The Balaban J connectivity index is 1.48. The molecule has 0 saturated carbocycles. The van der Waals surface area contributed by atoms with Crippen LogP contribution in [0.1, 0.15) is 61.7 Å². The van der Waals surface area contributed by atoms with Gasteiger partial charge >= 0.3 is 0 Å². The van der Waals surface area contributed by atoms with Gasteiger partial charge in [0.1, 0.15) is 5.76 Å². The summed E-state index contributed by atoms with van der Waals surface area (Å²) in [6.45, 7) is 1.25. The van der Waals surface area contributed by atoms with Gasteiger partial charge in [0.05, 0.1) is 5.39 Å². The summed E-state index contributed by atoms with van der Waals surface area (Å²) in [6, 6.07) is 10.7. The van der Waals surface area contributed by atoms with Crippen LogP contribution in [0.5, 0.6) is 11.5 Å². The summed E-state index contributed by atoms with van der Waals surface area (Å²) in [5.74, 6) is -0.701. The first-order chi connectivity index (χ1) is 17.4. The summed E-state index contributed by atoms with van der Waals surface area (Å²) < 4.78 is 5.69. The largest absolute Gasteiger partial charge is 0.504 e. The summed E-state index contributed by atoms with van der Waals surface area (Å²) in [7, 11) is 1.79. The molecule has 190 valence electrons. The van der Waals surface area contributed by atoms with E-state index in [1.807, 2.05) is 0 Å². The predicted octanol–water partition coefficient (Wildman–Crippen LogP) is 6.37. The smallest absolute Gasteiger partial charge is 0.253 e. The van der Waals surface area contributed by atoms with Crippen molar-refractivity contribution in [3.05, 3.63) is 68.7 Å². The van der Waals surface area contributed by atoms with Crippen molar-refractivity contribution in [3.63, 3.8) is 0 Å². The number of hydrogen-bond acceptors (Lipinski definition) is 6. The first kappa shape index (κ1) is 26.6. The maximum Gasteiger partial charge on any atom is 0.253 e. The molecule has 3 aromatic rings. The van der Waals surface area contributed by atoms with Gasteiger partial charge in [-0.2, -0.15) is 0 Å². The lowest BCUT2D eigenvalue weighted by atomic mass is 10.1. The Labute approximate surface area is 209 Å². The van der Waals surface area contributed by atoms with E-state index in [0.29, 0.717) is 24.2 Å². The van der Waals surface area contributed by atoms with E-state index < -0.39 is 5.75 Å². The molecular weight excluding hydrogens is 460 g/mol. The number of phenols is 2. The number of unbranched alkanes of at least 4 members (excludes halogenated alkanes) is 7. The number of carbonyl (C=O) groups is 1. The van der Waals surface area contributed by atoms with E-state index in [1.165, 1.54) is 31.0 Å². The van der Waals surface area contributed by atoms with E-state index in [2.05, 4.69) is 10.0 Å². The number of nitrogens with zero attached hydrogens (tertiary/aromatic N) is 4. The standard InChI is InChI=1S/C27H32N4O5/c1-31(17-9-7-5-3-2-4-6-8-16-29-30-28)27(35)20-12-10-19(11-13-20)24-18-23(33)21-14-15-22(32)25(34)26(21)36-24/h10-15,18,32,34H,2-9,16-17H2,1H3. The lowest BCUT2D eigenvalue weighted by molar-refractivity contribution is 0.0792. The van der Waals surface area contributed by atoms with E-state index in [4.69, 9.17) is 9.95 Å². The van der Waals surface area contributed by atoms with Crippen LogP contribution >= 0.6 is 0 Å². The monoisotopic (exact) mass is 492 g/mol. The van der Waals surface area contributed by atoms with Crippen LogP contribution in [-0.4, -0.2) is 41.2 Å². The zero-order chi connectivity index (χ0) is 25.9. The molecule has 1 amide bonds. The van der Waals surface area contributed by atoms with Gasteiger partial charge in [-0.05, 0) is 42.6 Å². The third-order valence-corrected chi connectivity index (χ3v) is 6.18. The number of hydrogen-bond donors (Lipinski definition) is 2. The molecule has 0 atom stereocenters. The summed E-state index contributed by atoms with van der Waals surface area (Å²) in [5, 5.41) is 23.5. The molecule has 0 bridgehead atoms.